The van der Waals surface area contributed by atoms with Gasteiger partial charge < -0.3 is 20.3 Å². The first-order valence-electron chi connectivity index (χ1n) is 32.8. The van der Waals surface area contributed by atoms with Gasteiger partial charge in [-0.05, 0) is 64.2 Å². The molecule has 6 nitrogen and oxygen atoms in total. The first kappa shape index (κ1) is 71.1. The number of allylic oxidation sites excluding steroid dienone is 5. The third-order valence-corrected chi connectivity index (χ3v) is 15.2. The fraction of sp³-hybridized carbons (Fsp3) is 0.881. The summed E-state index contributed by atoms with van der Waals surface area (Å²) < 4.78 is 5.46. The van der Waals surface area contributed by atoms with E-state index in [4.69, 9.17) is 4.74 Å². The summed E-state index contributed by atoms with van der Waals surface area (Å²) in [6.45, 7) is 4.92. The molecule has 1 amide bonds. The second-order valence-electron chi connectivity index (χ2n) is 22.5. The summed E-state index contributed by atoms with van der Waals surface area (Å²) in [4.78, 5) is 24.5. The molecular weight excluding hydrogens is 899 g/mol. The standard InChI is InChI=1S/C67H127NO5/c1-3-5-7-9-11-13-15-16-17-18-19-27-30-33-36-40-43-47-51-55-59-65(70)64(63-69)68-66(71)60-56-52-48-44-41-37-34-31-28-25-23-21-20-22-24-26-29-32-35-38-42-46-50-54-58-62-73-67(72)61-57-53-49-45-39-14-12-10-8-6-4-2/h21-24,55,59,64-65,69-70H,3-20,25-54,56-58,60-63H2,1-2H3,(H,68,71)/b23-21-,24-22-,59-55+. The van der Waals surface area contributed by atoms with E-state index < -0.39 is 12.1 Å². The third kappa shape index (κ3) is 59.2. The van der Waals surface area contributed by atoms with Crippen LogP contribution in [0.2, 0.25) is 0 Å². The van der Waals surface area contributed by atoms with Crippen LogP contribution < -0.4 is 5.32 Å². The molecule has 0 aromatic carbocycles. The van der Waals surface area contributed by atoms with Crippen LogP contribution in [-0.4, -0.2) is 47.4 Å². The fourth-order valence-corrected chi connectivity index (χ4v) is 10.1. The third-order valence-electron chi connectivity index (χ3n) is 15.2. The molecule has 0 aliphatic heterocycles. The van der Waals surface area contributed by atoms with E-state index in [0.717, 1.165) is 44.9 Å². The van der Waals surface area contributed by atoms with Crippen molar-refractivity contribution >= 4 is 11.9 Å². The van der Waals surface area contributed by atoms with E-state index in [1.807, 2.05) is 6.08 Å². The Labute approximate surface area is 455 Å². The normalized spacial score (nSPS) is 12.8. The Morgan fingerprint density at radius 1 is 0.384 bits per heavy atom. The van der Waals surface area contributed by atoms with Crippen LogP contribution in [0.4, 0.5) is 0 Å². The number of carbonyl (C=O) groups is 2. The van der Waals surface area contributed by atoms with E-state index in [1.165, 1.54) is 283 Å². The Morgan fingerprint density at radius 3 is 1.04 bits per heavy atom. The van der Waals surface area contributed by atoms with Gasteiger partial charge in [0, 0.05) is 12.8 Å². The average Bonchev–Trinajstić information content (AvgIpc) is 3.39. The Hall–Kier alpha value is -1.92. The van der Waals surface area contributed by atoms with Gasteiger partial charge in [0.2, 0.25) is 5.91 Å². The second-order valence-corrected chi connectivity index (χ2v) is 22.5. The molecule has 0 saturated heterocycles. The molecule has 6 heteroatoms. The highest BCUT2D eigenvalue weighted by atomic mass is 16.5. The Kier molecular flexibility index (Phi) is 61.0. The molecule has 0 spiro atoms. The molecule has 0 aliphatic carbocycles. The van der Waals surface area contributed by atoms with Crippen molar-refractivity contribution in [3.05, 3.63) is 36.5 Å². The van der Waals surface area contributed by atoms with Gasteiger partial charge in [-0.15, -0.1) is 0 Å². The number of aliphatic hydroxyl groups is 2. The molecule has 0 aromatic rings. The van der Waals surface area contributed by atoms with Gasteiger partial charge in [0.1, 0.15) is 0 Å². The van der Waals surface area contributed by atoms with Crippen molar-refractivity contribution in [2.24, 2.45) is 0 Å². The highest BCUT2D eigenvalue weighted by Gasteiger charge is 2.18. The molecular formula is C67H127NO5. The lowest BCUT2D eigenvalue weighted by molar-refractivity contribution is -0.143. The monoisotopic (exact) mass is 1030 g/mol. The maximum atomic E-state index is 12.5. The number of carbonyl (C=O) groups excluding carboxylic acids is 2. The number of unbranched alkanes of at least 4 members (excludes halogenated alkanes) is 46. The summed E-state index contributed by atoms with van der Waals surface area (Å²) in [6, 6.07) is -0.633. The molecule has 0 fully saturated rings. The minimum Gasteiger partial charge on any atom is -0.466 e. The molecule has 430 valence electrons. The van der Waals surface area contributed by atoms with Gasteiger partial charge in [-0.25, -0.2) is 0 Å². The summed E-state index contributed by atoms with van der Waals surface area (Å²) in [5.41, 5.74) is 0. The minimum absolute atomic E-state index is 0.00841. The van der Waals surface area contributed by atoms with Crippen LogP contribution in [0.25, 0.3) is 0 Å². The number of hydrogen-bond acceptors (Lipinski definition) is 5. The van der Waals surface area contributed by atoms with Crippen molar-refractivity contribution in [2.45, 2.75) is 366 Å². The number of nitrogens with one attached hydrogen (secondary N) is 1. The molecule has 0 heterocycles. The van der Waals surface area contributed by atoms with E-state index in [0.29, 0.717) is 19.4 Å². The van der Waals surface area contributed by atoms with Crippen molar-refractivity contribution in [2.75, 3.05) is 13.2 Å². The number of amides is 1. The lowest BCUT2D eigenvalue weighted by Gasteiger charge is -2.20. The van der Waals surface area contributed by atoms with Gasteiger partial charge in [-0.2, -0.15) is 0 Å². The topological polar surface area (TPSA) is 95.9 Å². The maximum absolute atomic E-state index is 12.5. The van der Waals surface area contributed by atoms with E-state index in [9.17, 15) is 19.8 Å². The van der Waals surface area contributed by atoms with Crippen LogP contribution in [0, 0.1) is 0 Å². The molecule has 0 bridgehead atoms. The van der Waals surface area contributed by atoms with Crippen LogP contribution in [0.1, 0.15) is 354 Å². The summed E-state index contributed by atoms with van der Waals surface area (Å²) in [7, 11) is 0. The van der Waals surface area contributed by atoms with E-state index in [2.05, 4.69) is 43.5 Å². The fourth-order valence-electron chi connectivity index (χ4n) is 10.1. The van der Waals surface area contributed by atoms with Gasteiger partial charge in [0.25, 0.3) is 0 Å². The van der Waals surface area contributed by atoms with Crippen molar-refractivity contribution in [3.8, 4) is 0 Å². The van der Waals surface area contributed by atoms with E-state index in [1.54, 1.807) is 6.08 Å². The van der Waals surface area contributed by atoms with E-state index >= 15 is 0 Å². The number of ether oxygens (including phenoxy) is 1. The van der Waals surface area contributed by atoms with Gasteiger partial charge in [-0.1, -0.05) is 314 Å². The molecule has 2 unspecified atom stereocenters. The van der Waals surface area contributed by atoms with Crippen molar-refractivity contribution in [3.63, 3.8) is 0 Å². The molecule has 3 N–H and O–H groups in total. The number of rotatable bonds is 61. The molecule has 0 aromatic heterocycles. The van der Waals surface area contributed by atoms with Gasteiger partial charge in [0.15, 0.2) is 0 Å². The quantitative estimate of drug-likeness (QED) is 0.0320. The zero-order valence-electron chi connectivity index (χ0n) is 49.1. The molecule has 0 rings (SSSR count). The van der Waals surface area contributed by atoms with Crippen LogP contribution in [0.15, 0.2) is 36.5 Å². The minimum atomic E-state index is -0.849. The predicted octanol–water partition coefficient (Wildman–Crippen LogP) is 20.8. The van der Waals surface area contributed by atoms with Crippen LogP contribution >= 0.6 is 0 Å². The van der Waals surface area contributed by atoms with Gasteiger partial charge in [0.05, 0.1) is 25.4 Å². The predicted molar refractivity (Wildman–Crippen MR) is 319 cm³/mol. The molecule has 2 atom stereocenters. The molecule has 0 radical (unpaired) electrons. The van der Waals surface area contributed by atoms with Crippen LogP contribution in [-0.2, 0) is 14.3 Å². The first-order chi connectivity index (χ1) is 36.0. The lowest BCUT2D eigenvalue weighted by Crippen LogP contribution is -2.45. The number of hydrogen-bond donors (Lipinski definition) is 3. The van der Waals surface area contributed by atoms with Crippen LogP contribution in [0.3, 0.4) is 0 Å². The van der Waals surface area contributed by atoms with Gasteiger partial charge >= 0.3 is 5.97 Å². The number of aliphatic hydroxyl groups excluding tert-OH is 2. The van der Waals surface area contributed by atoms with Crippen molar-refractivity contribution in [1.29, 1.82) is 0 Å². The Bertz CT molecular complexity index is 1180. The van der Waals surface area contributed by atoms with Crippen molar-refractivity contribution < 1.29 is 24.5 Å². The summed E-state index contributed by atoms with van der Waals surface area (Å²) in [5.74, 6) is -0.0629. The average molecular weight is 1030 g/mol. The summed E-state index contributed by atoms with van der Waals surface area (Å²) >= 11 is 0. The zero-order valence-corrected chi connectivity index (χ0v) is 49.1. The smallest absolute Gasteiger partial charge is 0.305 e. The SMILES string of the molecule is CCCCCCCCCCCCCCCCCCCC/C=C/C(O)C(CO)NC(=O)CCCCCCCCCCC/C=C\C/C=C\CCCCCCCCCCCOC(=O)CCCCCCCCCCCCC. The Balaban J connectivity index is 3.47. The highest BCUT2D eigenvalue weighted by molar-refractivity contribution is 5.76. The largest absolute Gasteiger partial charge is 0.466 e. The zero-order chi connectivity index (χ0) is 52.9. The van der Waals surface area contributed by atoms with Gasteiger partial charge in [-0.3, -0.25) is 9.59 Å². The molecule has 73 heavy (non-hydrogen) atoms. The molecule has 0 aliphatic rings. The highest BCUT2D eigenvalue weighted by Crippen LogP contribution is 2.17. The lowest BCUT2D eigenvalue weighted by atomic mass is 10.0. The maximum Gasteiger partial charge on any atom is 0.305 e. The molecule has 0 saturated carbocycles. The van der Waals surface area contributed by atoms with Crippen molar-refractivity contribution in [1.82, 2.24) is 5.32 Å². The number of esters is 1. The summed E-state index contributed by atoms with van der Waals surface area (Å²) in [6.07, 6.45) is 79.1. The summed E-state index contributed by atoms with van der Waals surface area (Å²) in [5, 5.41) is 23.2. The second kappa shape index (κ2) is 62.6. The van der Waals surface area contributed by atoms with E-state index in [-0.39, 0.29) is 18.5 Å². The first-order valence-corrected chi connectivity index (χ1v) is 32.8. The van der Waals surface area contributed by atoms with Crippen LogP contribution in [0.5, 0.6) is 0 Å². The Morgan fingerprint density at radius 2 is 0.685 bits per heavy atom.